The van der Waals surface area contributed by atoms with Crippen LogP contribution in [0.3, 0.4) is 0 Å². The molecule has 0 saturated carbocycles. The van der Waals surface area contributed by atoms with Gasteiger partial charge in [0, 0.05) is 11.1 Å². The van der Waals surface area contributed by atoms with Crippen molar-refractivity contribution in [3.8, 4) is 17.1 Å². The minimum atomic E-state index is -0.199. The summed E-state index contributed by atoms with van der Waals surface area (Å²) in [5.74, 6) is 0.853. The number of benzene rings is 1. The van der Waals surface area contributed by atoms with Crippen molar-refractivity contribution in [2.75, 3.05) is 11.5 Å². The first kappa shape index (κ1) is 14.0. The topological polar surface area (TPSA) is 111 Å². The van der Waals surface area contributed by atoms with E-state index in [4.69, 9.17) is 11.5 Å². The molecule has 0 spiro atoms. The summed E-state index contributed by atoms with van der Waals surface area (Å²) in [5.41, 5.74) is 13.3. The summed E-state index contributed by atoms with van der Waals surface area (Å²) in [4.78, 5) is 11.9. The van der Waals surface area contributed by atoms with Crippen LogP contribution in [0.1, 0.15) is 31.9 Å². The minimum absolute atomic E-state index is 0.0792. The molecule has 0 unspecified atom stereocenters. The van der Waals surface area contributed by atoms with Crippen LogP contribution < -0.4 is 11.5 Å². The zero-order valence-corrected chi connectivity index (χ0v) is 12.1. The number of aromatic hydroxyl groups is 1. The molecule has 5 N–H and O–H groups in total. The third-order valence-corrected chi connectivity index (χ3v) is 3.04. The number of hydrogen-bond donors (Lipinski definition) is 3. The summed E-state index contributed by atoms with van der Waals surface area (Å²) in [6, 6.07) is 3.66. The predicted octanol–water partition coefficient (Wildman–Crippen LogP) is 2.01. The van der Waals surface area contributed by atoms with E-state index >= 15 is 0 Å². The second-order valence-electron chi connectivity index (χ2n) is 5.81. The number of nitrogen functional groups attached to an aromatic ring is 2. The van der Waals surface area contributed by atoms with E-state index < -0.39 is 0 Å². The van der Waals surface area contributed by atoms with Crippen molar-refractivity contribution in [1.29, 1.82) is 0 Å². The van der Waals surface area contributed by atoms with E-state index in [9.17, 15) is 5.11 Å². The van der Waals surface area contributed by atoms with Gasteiger partial charge in [0.25, 0.3) is 0 Å². The van der Waals surface area contributed by atoms with Gasteiger partial charge in [0.05, 0.1) is 0 Å². The van der Waals surface area contributed by atoms with Crippen molar-refractivity contribution >= 4 is 11.9 Å². The van der Waals surface area contributed by atoms with Gasteiger partial charge in [0.2, 0.25) is 11.9 Å². The Labute approximate surface area is 117 Å². The van der Waals surface area contributed by atoms with Crippen LogP contribution in [0.25, 0.3) is 11.4 Å². The molecule has 0 aliphatic rings. The molecule has 0 bridgehead atoms. The van der Waals surface area contributed by atoms with E-state index in [1.54, 1.807) is 6.07 Å². The average molecular weight is 273 g/mol. The Bertz CT molecular complexity index is 641. The highest BCUT2D eigenvalue weighted by Gasteiger charge is 2.21. The smallest absolute Gasteiger partial charge is 0.225 e. The minimum Gasteiger partial charge on any atom is -0.507 e. The lowest BCUT2D eigenvalue weighted by atomic mass is 9.84. The van der Waals surface area contributed by atoms with Crippen molar-refractivity contribution in [3.05, 3.63) is 23.3 Å². The second-order valence-corrected chi connectivity index (χ2v) is 5.81. The number of aromatic nitrogens is 3. The van der Waals surface area contributed by atoms with Gasteiger partial charge in [-0.05, 0) is 30.0 Å². The monoisotopic (exact) mass is 273 g/mol. The molecule has 1 aromatic heterocycles. The van der Waals surface area contributed by atoms with Gasteiger partial charge in [-0.15, -0.1) is 0 Å². The van der Waals surface area contributed by atoms with Gasteiger partial charge < -0.3 is 16.6 Å². The Morgan fingerprint density at radius 2 is 1.55 bits per heavy atom. The third kappa shape index (κ3) is 2.64. The van der Waals surface area contributed by atoms with Crippen molar-refractivity contribution in [1.82, 2.24) is 15.0 Å². The van der Waals surface area contributed by atoms with Crippen molar-refractivity contribution in [2.24, 2.45) is 0 Å². The standard InChI is InChI=1S/C14H19N5O/c1-7-5-8(6-9(10(7)20)14(2,3)4)11-17-12(15)19-13(16)18-11/h5-6,20H,1-4H3,(H4,15,16,17,18,19). The van der Waals surface area contributed by atoms with Crippen LogP contribution >= 0.6 is 0 Å². The summed E-state index contributed by atoms with van der Waals surface area (Å²) in [5, 5.41) is 10.2. The molecular formula is C14H19N5O. The van der Waals surface area contributed by atoms with Crippen molar-refractivity contribution < 1.29 is 5.11 Å². The number of phenols is 1. The van der Waals surface area contributed by atoms with Crippen LogP contribution in [-0.4, -0.2) is 20.1 Å². The molecule has 0 fully saturated rings. The van der Waals surface area contributed by atoms with E-state index in [-0.39, 0.29) is 23.1 Å². The Hall–Kier alpha value is -2.37. The second kappa shape index (κ2) is 4.63. The zero-order chi connectivity index (χ0) is 15.1. The maximum absolute atomic E-state index is 10.2. The predicted molar refractivity (Wildman–Crippen MR) is 79.2 cm³/mol. The molecule has 0 aliphatic heterocycles. The fourth-order valence-corrected chi connectivity index (χ4v) is 2.02. The molecule has 20 heavy (non-hydrogen) atoms. The van der Waals surface area contributed by atoms with E-state index in [1.165, 1.54) is 0 Å². The van der Waals surface area contributed by atoms with E-state index in [0.29, 0.717) is 5.82 Å². The van der Waals surface area contributed by atoms with Crippen LogP contribution in [0.15, 0.2) is 12.1 Å². The number of phenolic OH excluding ortho intramolecular Hbond substituents is 1. The Morgan fingerprint density at radius 1 is 1.00 bits per heavy atom. The fourth-order valence-electron chi connectivity index (χ4n) is 2.02. The maximum Gasteiger partial charge on any atom is 0.225 e. The van der Waals surface area contributed by atoms with Gasteiger partial charge in [-0.1, -0.05) is 20.8 Å². The molecule has 6 nitrogen and oxygen atoms in total. The molecule has 0 amide bonds. The maximum atomic E-state index is 10.2. The number of hydrogen-bond acceptors (Lipinski definition) is 6. The quantitative estimate of drug-likeness (QED) is 0.733. The summed E-state index contributed by atoms with van der Waals surface area (Å²) in [6.07, 6.45) is 0. The Morgan fingerprint density at radius 3 is 2.05 bits per heavy atom. The first-order valence-electron chi connectivity index (χ1n) is 6.30. The van der Waals surface area contributed by atoms with Crippen LogP contribution in [0.4, 0.5) is 11.9 Å². The summed E-state index contributed by atoms with van der Waals surface area (Å²) >= 11 is 0. The average Bonchev–Trinajstić information content (AvgIpc) is 2.29. The number of nitrogens with zero attached hydrogens (tertiary/aromatic N) is 3. The van der Waals surface area contributed by atoms with Crippen molar-refractivity contribution in [3.63, 3.8) is 0 Å². The first-order chi connectivity index (χ1) is 9.18. The first-order valence-corrected chi connectivity index (χ1v) is 6.30. The molecule has 0 aliphatic carbocycles. The Balaban J connectivity index is 2.67. The number of rotatable bonds is 1. The van der Waals surface area contributed by atoms with Gasteiger partial charge in [0.1, 0.15) is 5.75 Å². The lowest BCUT2D eigenvalue weighted by molar-refractivity contribution is 0.443. The van der Waals surface area contributed by atoms with E-state index in [1.807, 2.05) is 33.8 Å². The zero-order valence-electron chi connectivity index (χ0n) is 12.1. The molecule has 106 valence electrons. The van der Waals surface area contributed by atoms with Gasteiger partial charge >= 0.3 is 0 Å². The van der Waals surface area contributed by atoms with Gasteiger partial charge in [-0.25, -0.2) is 0 Å². The molecule has 2 aromatic rings. The Kier molecular flexibility index (Phi) is 3.25. The van der Waals surface area contributed by atoms with Gasteiger partial charge in [-0.2, -0.15) is 15.0 Å². The molecule has 2 rings (SSSR count). The normalized spacial score (nSPS) is 11.6. The summed E-state index contributed by atoms with van der Waals surface area (Å²) in [6.45, 7) is 7.92. The molecule has 1 heterocycles. The highest BCUT2D eigenvalue weighted by Crippen LogP contribution is 2.36. The molecule has 0 saturated heterocycles. The van der Waals surface area contributed by atoms with Crippen LogP contribution in [0.5, 0.6) is 5.75 Å². The highest BCUT2D eigenvalue weighted by molar-refractivity contribution is 5.63. The number of aryl methyl sites for hydroxylation is 1. The summed E-state index contributed by atoms with van der Waals surface area (Å²) < 4.78 is 0. The van der Waals surface area contributed by atoms with Crippen LogP contribution in [0, 0.1) is 6.92 Å². The lowest BCUT2D eigenvalue weighted by Gasteiger charge is -2.22. The van der Waals surface area contributed by atoms with Crippen molar-refractivity contribution in [2.45, 2.75) is 33.1 Å². The summed E-state index contributed by atoms with van der Waals surface area (Å²) in [7, 11) is 0. The number of anilines is 2. The van der Waals surface area contributed by atoms with E-state index in [2.05, 4.69) is 15.0 Å². The lowest BCUT2D eigenvalue weighted by Crippen LogP contribution is -2.12. The molecule has 1 aromatic carbocycles. The molecule has 0 atom stereocenters. The highest BCUT2D eigenvalue weighted by atomic mass is 16.3. The SMILES string of the molecule is Cc1cc(-c2nc(N)nc(N)n2)cc(C(C)(C)C)c1O. The number of nitrogens with two attached hydrogens (primary N) is 2. The fraction of sp³-hybridized carbons (Fsp3) is 0.357. The van der Waals surface area contributed by atoms with E-state index in [0.717, 1.165) is 16.7 Å². The third-order valence-electron chi connectivity index (χ3n) is 3.04. The van der Waals surface area contributed by atoms with Crippen LogP contribution in [-0.2, 0) is 5.41 Å². The van der Waals surface area contributed by atoms with Gasteiger partial charge in [-0.3, -0.25) is 0 Å². The molecule has 0 radical (unpaired) electrons. The largest absolute Gasteiger partial charge is 0.507 e. The van der Waals surface area contributed by atoms with Crippen LogP contribution in [0.2, 0.25) is 0 Å². The molecular weight excluding hydrogens is 254 g/mol. The van der Waals surface area contributed by atoms with Gasteiger partial charge in [0.15, 0.2) is 5.82 Å². The molecule has 6 heteroatoms.